The fraction of sp³-hybridized carbons (Fsp3) is 0.154. The van der Waals surface area contributed by atoms with Crippen LogP contribution in [-0.4, -0.2) is 13.4 Å². The van der Waals surface area contributed by atoms with Gasteiger partial charge >= 0.3 is 0 Å². The molecule has 1 aromatic carbocycles. The first-order valence-electron chi connectivity index (χ1n) is 5.70. The van der Waals surface area contributed by atoms with Gasteiger partial charge < -0.3 is 5.73 Å². The second-order valence-electron chi connectivity index (χ2n) is 4.34. The minimum Gasteiger partial charge on any atom is -0.398 e. The Kier molecular flexibility index (Phi) is 3.44. The zero-order chi connectivity index (χ0) is 14.0. The molecule has 0 atom stereocenters. The van der Waals surface area contributed by atoms with Gasteiger partial charge in [-0.25, -0.2) is 8.42 Å². The van der Waals surface area contributed by atoms with Crippen LogP contribution in [0.2, 0.25) is 0 Å². The number of nitrogens with two attached hydrogens (primary N) is 1. The highest BCUT2D eigenvalue weighted by Gasteiger charge is 2.18. The zero-order valence-corrected chi connectivity index (χ0v) is 11.5. The molecule has 0 saturated carbocycles. The van der Waals surface area contributed by atoms with E-state index in [1.807, 2.05) is 6.92 Å². The molecule has 3 N–H and O–H groups in total. The minimum atomic E-state index is -3.70. The first-order chi connectivity index (χ1) is 8.90. The lowest BCUT2D eigenvalue weighted by Gasteiger charge is -2.11. The minimum absolute atomic E-state index is 0.0707. The standard InChI is InChI=1S/C13H15N3O2S/c1-9-3-4-13(11(14)7-9)19(17,18)16-12-8-15-6-5-10(12)2/h3-8,16H,14H2,1-2H3. The van der Waals surface area contributed by atoms with Gasteiger partial charge in [0.05, 0.1) is 17.6 Å². The van der Waals surface area contributed by atoms with E-state index in [1.54, 1.807) is 31.3 Å². The van der Waals surface area contributed by atoms with Gasteiger partial charge in [-0.05, 0) is 43.2 Å². The normalized spacial score (nSPS) is 11.3. The molecule has 6 heteroatoms. The van der Waals surface area contributed by atoms with Crippen molar-refractivity contribution in [1.29, 1.82) is 0 Å². The van der Waals surface area contributed by atoms with Crippen molar-refractivity contribution in [2.24, 2.45) is 0 Å². The number of nitrogen functional groups attached to an aromatic ring is 1. The highest BCUT2D eigenvalue weighted by atomic mass is 32.2. The number of sulfonamides is 1. The Morgan fingerprint density at radius 2 is 1.95 bits per heavy atom. The Bertz CT molecular complexity index is 712. The number of pyridine rings is 1. The fourth-order valence-electron chi connectivity index (χ4n) is 1.68. The molecule has 0 aliphatic carbocycles. The largest absolute Gasteiger partial charge is 0.398 e. The highest BCUT2D eigenvalue weighted by molar-refractivity contribution is 7.92. The molecule has 5 nitrogen and oxygen atoms in total. The molecule has 0 amide bonds. The number of nitrogens with one attached hydrogen (secondary N) is 1. The van der Waals surface area contributed by atoms with Gasteiger partial charge in [0.1, 0.15) is 4.90 Å². The average Bonchev–Trinajstić information content (AvgIpc) is 2.31. The van der Waals surface area contributed by atoms with E-state index in [1.165, 1.54) is 12.3 Å². The molecule has 1 heterocycles. The van der Waals surface area contributed by atoms with Crippen molar-refractivity contribution < 1.29 is 8.42 Å². The van der Waals surface area contributed by atoms with Crippen LogP contribution in [0.3, 0.4) is 0 Å². The maximum Gasteiger partial charge on any atom is 0.264 e. The highest BCUT2D eigenvalue weighted by Crippen LogP contribution is 2.23. The summed E-state index contributed by atoms with van der Waals surface area (Å²) in [5.74, 6) is 0. The number of aromatic nitrogens is 1. The third-order valence-electron chi connectivity index (χ3n) is 2.74. The van der Waals surface area contributed by atoms with Crippen LogP contribution in [0.1, 0.15) is 11.1 Å². The number of hydrogen-bond acceptors (Lipinski definition) is 4. The van der Waals surface area contributed by atoms with Crippen molar-refractivity contribution in [2.75, 3.05) is 10.5 Å². The summed E-state index contributed by atoms with van der Waals surface area (Å²) in [6, 6.07) is 6.57. The number of benzene rings is 1. The summed E-state index contributed by atoms with van der Waals surface area (Å²) in [5.41, 5.74) is 8.15. The van der Waals surface area contributed by atoms with Crippen LogP contribution in [0.25, 0.3) is 0 Å². The van der Waals surface area contributed by atoms with E-state index in [2.05, 4.69) is 9.71 Å². The number of aryl methyl sites for hydroxylation is 2. The van der Waals surface area contributed by atoms with E-state index in [4.69, 9.17) is 5.73 Å². The van der Waals surface area contributed by atoms with Gasteiger partial charge in [-0.3, -0.25) is 9.71 Å². The second-order valence-corrected chi connectivity index (χ2v) is 5.99. The molecule has 0 fully saturated rings. The molecule has 1 aromatic heterocycles. The van der Waals surface area contributed by atoms with E-state index in [-0.39, 0.29) is 10.6 Å². The van der Waals surface area contributed by atoms with Crippen molar-refractivity contribution in [3.63, 3.8) is 0 Å². The Morgan fingerprint density at radius 3 is 2.58 bits per heavy atom. The van der Waals surface area contributed by atoms with Crippen LogP contribution in [0.15, 0.2) is 41.6 Å². The van der Waals surface area contributed by atoms with Crippen molar-refractivity contribution in [3.8, 4) is 0 Å². The summed E-state index contributed by atoms with van der Waals surface area (Å²) in [7, 11) is -3.70. The Balaban J connectivity index is 2.41. The number of hydrogen-bond donors (Lipinski definition) is 2. The quantitative estimate of drug-likeness (QED) is 0.841. The molecule has 2 rings (SSSR count). The van der Waals surface area contributed by atoms with Crippen LogP contribution < -0.4 is 10.5 Å². The number of nitrogens with zero attached hydrogens (tertiary/aromatic N) is 1. The molecule has 2 aromatic rings. The summed E-state index contributed by atoms with van der Waals surface area (Å²) in [6.45, 7) is 3.66. The second kappa shape index (κ2) is 4.89. The van der Waals surface area contributed by atoms with Gasteiger partial charge in [-0.2, -0.15) is 0 Å². The molecule has 19 heavy (non-hydrogen) atoms. The topological polar surface area (TPSA) is 85.1 Å². The molecular formula is C13H15N3O2S. The van der Waals surface area contributed by atoms with Crippen molar-refractivity contribution in [1.82, 2.24) is 4.98 Å². The van der Waals surface area contributed by atoms with Crippen molar-refractivity contribution >= 4 is 21.4 Å². The van der Waals surface area contributed by atoms with Gasteiger partial charge in [-0.15, -0.1) is 0 Å². The van der Waals surface area contributed by atoms with Gasteiger partial charge in [0.25, 0.3) is 10.0 Å². The Hall–Kier alpha value is -2.08. The van der Waals surface area contributed by atoms with E-state index in [9.17, 15) is 8.42 Å². The van der Waals surface area contributed by atoms with Crippen LogP contribution in [0, 0.1) is 13.8 Å². The fourth-order valence-corrected chi connectivity index (χ4v) is 2.91. The first-order valence-corrected chi connectivity index (χ1v) is 7.18. The average molecular weight is 277 g/mol. The maximum atomic E-state index is 12.3. The van der Waals surface area contributed by atoms with Gasteiger partial charge in [0.2, 0.25) is 0 Å². The van der Waals surface area contributed by atoms with Gasteiger partial charge in [0.15, 0.2) is 0 Å². The van der Waals surface area contributed by atoms with Gasteiger partial charge in [0, 0.05) is 6.20 Å². The summed E-state index contributed by atoms with van der Waals surface area (Å²) >= 11 is 0. The maximum absolute atomic E-state index is 12.3. The van der Waals surface area contributed by atoms with E-state index in [0.29, 0.717) is 5.69 Å². The Labute approximate surface area is 112 Å². The summed E-state index contributed by atoms with van der Waals surface area (Å²) < 4.78 is 27.0. The number of anilines is 2. The summed E-state index contributed by atoms with van der Waals surface area (Å²) in [6.07, 6.45) is 3.07. The molecule has 0 unspecified atom stereocenters. The lowest BCUT2D eigenvalue weighted by Crippen LogP contribution is -2.15. The molecule has 0 aliphatic rings. The predicted octanol–water partition coefficient (Wildman–Crippen LogP) is 2.08. The molecule has 0 saturated heterocycles. The van der Waals surface area contributed by atoms with E-state index >= 15 is 0 Å². The van der Waals surface area contributed by atoms with Crippen LogP contribution in [-0.2, 0) is 10.0 Å². The number of rotatable bonds is 3. The predicted molar refractivity (Wildman–Crippen MR) is 75.4 cm³/mol. The molecule has 0 spiro atoms. The summed E-state index contributed by atoms with van der Waals surface area (Å²) in [4.78, 5) is 3.97. The Morgan fingerprint density at radius 1 is 1.21 bits per heavy atom. The molecule has 0 bridgehead atoms. The lowest BCUT2D eigenvalue weighted by molar-refractivity contribution is 0.601. The van der Waals surface area contributed by atoms with E-state index < -0.39 is 10.0 Å². The first kappa shape index (κ1) is 13.4. The molecular weight excluding hydrogens is 262 g/mol. The van der Waals surface area contributed by atoms with Gasteiger partial charge in [-0.1, -0.05) is 6.07 Å². The third kappa shape index (κ3) is 2.85. The van der Waals surface area contributed by atoms with Crippen molar-refractivity contribution in [2.45, 2.75) is 18.7 Å². The van der Waals surface area contributed by atoms with Crippen molar-refractivity contribution in [3.05, 3.63) is 47.8 Å². The SMILES string of the molecule is Cc1ccc(S(=O)(=O)Nc2cnccc2C)c(N)c1. The lowest BCUT2D eigenvalue weighted by atomic mass is 10.2. The molecule has 0 aliphatic heterocycles. The smallest absolute Gasteiger partial charge is 0.264 e. The monoisotopic (exact) mass is 277 g/mol. The van der Waals surface area contributed by atoms with Crippen LogP contribution in [0.5, 0.6) is 0 Å². The van der Waals surface area contributed by atoms with Crippen LogP contribution in [0.4, 0.5) is 11.4 Å². The molecule has 0 radical (unpaired) electrons. The zero-order valence-electron chi connectivity index (χ0n) is 10.7. The van der Waals surface area contributed by atoms with E-state index in [0.717, 1.165) is 11.1 Å². The summed E-state index contributed by atoms with van der Waals surface area (Å²) in [5, 5.41) is 0. The third-order valence-corrected chi connectivity index (χ3v) is 4.18. The van der Waals surface area contributed by atoms with Crippen LogP contribution >= 0.6 is 0 Å². The molecule has 100 valence electrons.